The molecule has 4 aromatic carbocycles. The van der Waals surface area contributed by atoms with Crippen LogP contribution in [0.4, 0.5) is 0 Å². The van der Waals surface area contributed by atoms with E-state index in [1.54, 1.807) is 42.5 Å². The second-order valence-corrected chi connectivity index (χ2v) is 26.6. The molecule has 0 bridgehead atoms. The van der Waals surface area contributed by atoms with Gasteiger partial charge in [0.15, 0.2) is 28.8 Å². The number of carbonyl (C=O) groups excluding carboxylic acids is 6. The molecule has 28 heteroatoms. The summed E-state index contributed by atoms with van der Waals surface area (Å²) in [6.45, 7) is 0.261. The summed E-state index contributed by atoms with van der Waals surface area (Å²) >= 11 is 41.6. The minimum absolute atomic E-state index is 0.0119. The number of nitrogens with zero attached hydrogens (tertiary/aromatic N) is 1. The van der Waals surface area contributed by atoms with Gasteiger partial charge in [-0.3, -0.25) is 33.7 Å². The number of amides is 2. The number of hydrogen-bond donors (Lipinski definition) is 11. The number of fused-ring (bicyclic) bond motifs is 4. The van der Waals surface area contributed by atoms with Crippen LogP contribution in [0.5, 0.6) is 0 Å². The molecule has 0 spiro atoms. The van der Waals surface area contributed by atoms with Crippen molar-refractivity contribution in [3.05, 3.63) is 137 Å². The lowest BCUT2D eigenvalue weighted by molar-refractivity contribution is -0.250. The summed E-state index contributed by atoms with van der Waals surface area (Å²) in [4.78, 5) is 109. The number of alkyl halides is 3. The van der Waals surface area contributed by atoms with Crippen LogP contribution in [0, 0.1) is 0 Å². The summed E-state index contributed by atoms with van der Waals surface area (Å²) in [5.41, 5.74) is -0.676. The van der Waals surface area contributed by atoms with Crippen LogP contribution in [0.25, 0.3) is 43.6 Å². The average molecular weight is 1550 g/mol. The quantitative estimate of drug-likeness (QED) is 0.0130. The number of H-pyrrole nitrogens is 4. The fraction of sp³-hybridized carbons (Fsp3) is 0.367. The van der Waals surface area contributed by atoms with Crippen molar-refractivity contribution in [1.29, 1.82) is 0 Å². The van der Waals surface area contributed by atoms with Gasteiger partial charge in [-0.1, -0.05) is 86.6 Å². The SMILES string of the molecule is CCCC(Br)C(Cl)CC(C(=O)O[C@@]([C@@H](N)C(=O)c1c[nH]c2ccc(Br)c(Cl)c12)([C@@H](O)[C@H](O)CO)[C@@](C(=O)c1c[nH]c2ccc(Br)c(Cl)c12)([C@@H](OC(=O)C(CCCl)c1c[nH]c2ccc(Br)cc12)[C@H](O)[C@H](O)CO)N(C(C)=O)C(C)=O)c1c[nH]c2ccccc12. The highest BCUT2D eigenvalue weighted by Gasteiger charge is 2.78. The number of ketones is 2. The summed E-state index contributed by atoms with van der Waals surface area (Å²) in [6, 6.07) is 14.6. The Bertz CT molecular complexity index is 3920. The third-order valence-electron chi connectivity index (χ3n) is 15.9. The van der Waals surface area contributed by atoms with E-state index < -0.39 is 136 Å². The van der Waals surface area contributed by atoms with Gasteiger partial charge in [0.05, 0.1) is 35.1 Å². The molecule has 8 rings (SSSR count). The fourth-order valence-corrected chi connectivity index (χ4v) is 14.5. The Kier molecular flexibility index (Phi) is 22.7. The lowest BCUT2D eigenvalue weighted by Gasteiger charge is -2.59. The molecular formula is C60H60Br4Cl4N6O14. The number of halogens is 8. The summed E-state index contributed by atoms with van der Waals surface area (Å²) in [7, 11) is 0. The predicted octanol–water partition coefficient (Wildman–Crippen LogP) is 10.1. The zero-order valence-electron chi connectivity index (χ0n) is 46.9. The van der Waals surface area contributed by atoms with Crippen molar-refractivity contribution in [2.45, 2.75) is 116 Å². The van der Waals surface area contributed by atoms with Crippen molar-refractivity contribution in [3.8, 4) is 0 Å². The van der Waals surface area contributed by atoms with Gasteiger partial charge in [0.25, 0.3) is 0 Å². The van der Waals surface area contributed by atoms with E-state index in [1.807, 2.05) is 6.92 Å². The van der Waals surface area contributed by atoms with E-state index in [0.29, 0.717) is 53.0 Å². The topological polar surface area (TPSA) is 335 Å². The molecule has 88 heavy (non-hydrogen) atoms. The average Bonchev–Trinajstić information content (AvgIpc) is 0.728. The molecule has 4 aromatic heterocycles. The summed E-state index contributed by atoms with van der Waals surface area (Å²) in [5.74, 6) is -13.1. The number of ether oxygens (including phenoxy) is 2. The van der Waals surface area contributed by atoms with Gasteiger partial charge in [0.1, 0.15) is 30.5 Å². The molecule has 0 saturated heterocycles. The van der Waals surface area contributed by atoms with Crippen molar-refractivity contribution in [2.24, 2.45) is 5.73 Å². The fourth-order valence-electron chi connectivity index (χ4n) is 11.8. The summed E-state index contributed by atoms with van der Waals surface area (Å²) < 4.78 is 14.3. The standard InChI is InChI=1S/C60H60Br4Cl4N6O14/c1-4-7-37(62)40(66)19-32(33-20-70-41-9-6-5-8-29(33)41)58(86)88-60(55(84)46(80)25-76,53(69)51(81)35-22-72-43-14-11-38(63)49(67)47(35)43)59(74(26(2)77)27(3)78,54(83)36-23-73-44-15-12-39(64)50(68)48(36)44)56(52(82)45(79)24-75)87-57(85)30(16-17-65)34-21-71-42-13-10-28(61)18-31(34)42/h5-6,8-15,18,20-23,30,32,37,40,45-46,52-53,55-56,70-73,75-76,79-80,82,84H,4,7,16-17,19,24-25,69H2,1-3H3/t30?,32?,37?,40?,45-,46-,52-,53+,55+,56+,59-,60+/m1/s1. The van der Waals surface area contributed by atoms with Crippen molar-refractivity contribution >= 4 is 189 Å². The highest BCUT2D eigenvalue weighted by atomic mass is 79.9. The van der Waals surface area contributed by atoms with Crippen LogP contribution < -0.4 is 5.73 Å². The lowest BCUT2D eigenvalue weighted by atomic mass is 9.59. The number of nitrogens with two attached hydrogens (primary N) is 1. The van der Waals surface area contributed by atoms with E-state index in [1.165, 1.54) is 36.7 Å². The third-order valence-corrected chi connectivity index (χ3v) is 21.0. The molecule has 0 fully saturated rings. The molecule has 4 unspecified atom stereocenters. The Labute approximate surface area is 556 Å². The smallest absolute Gasteiger partial charge is 0.314 e. The first kappa shape index (κ1) is 69.2. The molecule has 0 aliphatic carbocycles. The van der Waals surface area contributed by atoms with Gasteiger partial charge in [0, 0.05) is 123 Å². The largest absolute Gasteiger partial charge is 0.456 e. The van der Waals surface area contributed by atoms with Gasteiger partial charge in [-0.25, -0.2) is 0 Å². The van der Waals surface area contributed by atoms with Crippen LogP contribution in [-0.4, -0.2) is 168 Å². The monoisotopic (exact) mass is 1540 g/mol. The van der Waals surface area contributed by atoms with Crippen LogP contribution >= 0.6 is 110 Å². The number of imide groups is 1. The van der Waals surface area contributed by atoms with Gasteiger partial charge in [-0.05, 0) is 111 Å². The normalized spacial score (nSPS) is 16.8. The number of aromatic nitrogens is 4. The number of carbonyl (C=O) groups is 6. The van der Waals surface area contributed by atoms with E-state index in [2.05, 4.69) is 83.7 Å². The number of esters is 2. The minimum atomic E-state index is -4.24. The molecule has 2 amide bonds. The van der Waals surface area contributed by atoms with E-state index in [-0.39, 0.29) is 69.1 Å². The molecule has 12 N–H and O–H groups in total. The van der Waals surface area contributed by atoms with Gasteiger partial charge in [-0.15, -0.1) is 23.2 Å². The summed E-state index contributed by atoms with van der Waals surface area (Å²) in [5, 5.41) is 72.7. The Balaban J connectivity index is 1.62. The molecule has 0 saturated carbocycles. The molecule has 8 aromatic rings. The maximum Gasteiger partial charge on any atom is 0.314 e. The molecule has 470 valence electrons. The lowest BCUT2D eigenvalue weighted by Crippen LogP contribution is -2.87. The van der Waals surface area contributed by atoms with E-state index >= 15 is 28.8 Å². The Morgan fingerprint density at radius 2 is 1.23 bits per heavy atom. The van der Waals surface area contributed by atoms with Gasteiger partial charge in [0.2, 0.25) is 11.8 Å². The Hall–Kier alpha value is -4.74. The first-order chi connectivity index (χ1) is 41.8. The summed E-state index contributed by atoms with van der Waals surface area (Å²) in [6.07, 6.45) is -9.71. The number of hydrogen-bond acceptors (Lipinski definition) is 15. The maximum absolute atomic E-state index is 17.7. The van der Waals surface area contributed by atoms with Crippen LogP contribution in [0.1, 0.15) is 90.1 Å². The van der Waals surface area contributed by atoms with Crippen molar-refractivity contribution in [2.75, 3.05) is 19.1 Å². The number of nitrogens with one attached hydrogen (secondary N) is 4. The number of aliphatic hydroxyl groups excluding tert-OH is 6. The number of rotatable bonds is 27. The molecular weight excluding hydrogens is 1490 g/mol. The van der Waals surface area contributed by atoms with Crippen molar-refractivity contribution < 1.29 is 68.9 Å². The zero-order chi connectivity index (χ0) is 64.4. The van der Waals surface area contributed by atoms with Crippen molar-refractivity contribution in [3.63, 3.8) is 0 Å². The van der Waals surface area contributed by atoms with E-state index in [9.17, 15) is 30.6 Å². The highest BCUT2D eigenvalue weighted by Crippen LogP contribution is 2.51. The first-order valence-corrected chi connectivity index (χ1v) is 32.4. The van der Waals surface area contributed by atoms with E-state index in [0.717, 1.165) is 12.4 Å². The van der Waals surface area contributed by atoms with Crippen LogP contribution in [0.2, 0.25) is 10.0 Å². The minimum Gasteiger partial charge on any atom is -0.456 e. The van der Waals surface area contributed by atoms with Crippen LogP contribution in [0.15, 0.2) is 105 Å². The van der Waals surface area contributed by atoms with Crippen LogP contribution in [0.3, 0.4) is 0 Å². The second kappa shape index (κ2) is 28.8. The maximum atomic E-state index is 17.7. The molecule has 12 atom stereocenters. The predicted molar refractivity (Wildman–Crippen MR) is 348 cm³/mol. The zero-order valence-corrected chi connectivity index (χ0v) is 56.2. The molecule has 0 aliphatic rings. The molecule has 0 radical (unpaired) electrons. The molecule has 0 aliphatic heterocycles. The Morgan fingerprint density at radius 3 is 1.80 bits per heavy atom. The second-order valence-electron chi connectivity index (χ2n) is 21.2. The van der Waals surface area contributed by atoms with Gasteiger partial charge >= 0.3 is 11.9 Å². The number of aliphatic hydroxyl groups is 6. The van der Waals surface area contributed by atoms with Gasteiger partial charge < -0.3 is 65.8 Å². The third kappa shape index (κ3) is 12.7. The van der Waals surface area contributed by atoms with Gasteiger partial charge in [-0.2, -0.15) is 0 Å². The number of para-hydroxylation sites is 1. The molecule has 20 nitrogen and oxygen atoms in total. The number of aromatic amines is 4. The van der Waals surface area contributed by atoms with Crippen LogP contribution in [-0.2, 0) is 28.7 Å². The number of benzene rings is 4. The first-order valence-electron chi connectivity index (χ1n) is 27.4. The van der Waals surface area contributed by atoms with E-state index in [4.69, 9.17) is 61.6 Å². The Morgan fingerprint density at radius 1 is 0.693 bits per heavy atom. The molecule has 4 heterocycles. The highest BCUT2D eigenvalue weighted by molar-refractivity contribution is 9.11. The number of Topliss-reactive ketones (excluding diaryl/α,β-unsaturated/α-hetero) is 2. The van der Waals surface area contributed by atoms with Crippen molar-refractivity contribution in [1.82, 2.24) is 24.8 Å².